The molecule has 0 aliphatic carbocycles. The van der Waals surface area contributed by atoms with Crippen molar-refractivity contribution < 1.29 is 19.1 Å². The van der Waals surface area contributed by atoms with Crippen LogP contribution in [0.2, 0.25) is 0 Å². The number of nitrogens with zero attached hydrogens (tertiary/aromatic N) is 2. The van der Waals surface area contributed by atoms with E-state index in [1.807, 2.05) is 6.92 Å². The fraction of sp³-hybridized carbons (Fsp3) is 0.300. The van der Waals surface area contributed by atoms with Crippen LogP contribution in [0.1, 0.15) is 23.1 Å². The van der Waals surface area contributed by atoms with E-state index in [1.54, 1.807) is 28.5 Å². The molecule has 0 saturated heterocycles. The molecule has 1 aromatic carbocycles. The number of carbonyl (C=O) groups excluding carboxylic acids is 2. The molecule has 31 heavy (non-hydrogen) atoms. The maximum atomic E-state index is 12.5. The predicted molar refractivity (Wildman–Crippen MR) is 118 cm³/mol. The lowest BCUT2D eigenvalue weighted by molar-refractivity contribution is -0.117. The van der Waals surface area contributed by atoms with Gasteiger partial charge in [0.1, 0.15) is 10.8 Å². The Balaban J connectivity index is 1.77. The molecular formula is C20H23N5O5S. The summed E-state index contributed by atoms with van der Waals surface area (Å²) in [7, 11) is 3.00. The van der Waals surface area contributed by atoms with E-state index in [4.69, 9.17) is 15.2 Å². The Kier molecular flexibility index (Phi) is 6.88. The molecule has 0 bridgehead atoms. The van der Waals surface area contributed by atoms with Gasteiger partial charge in [-0.25, -0.2) is 4.98 Å². The lowest BCUT2D eigenvalue weighted by atomic mass is 10.2. The summed E-state index contributed by atoms with van der Waals surface area (Å²) in [6.45, 7) is 2.71. The molecule has 2 amide bonds. The summed E-state index contributed by atoms with van der Waals surface area (Å²) in [6, 6.07) is 4.78. The van der Waals surface area contributed by atoms with Crippen molar-refractivity contribution in [2.45, 2.75) is 13.5 Å². The monoisotopic (exact) mass is 445 g/mol. The first-order valence-corrected chi connectivity index (χ1v) is 10.3. The summed E-state index contributed by atoms with van der Waals surface area (Å²) < 4.78 is 10.5. The number of hydrogen-bond donors (Lipinski definition) is 3. The Morgan fingerprint density at radius 2 is 1.97 bits per heavy atom. The van der Waals surface area contributed by atoms with Crippen molar-refractivity contribution in [3.8, 4) is 11.5 Å². The first-order valence-electron chi connectivity index (χ1n) is 9.40. The SMILES string of the molecule is CCN(CC(=O)Nc1sccc1C(N)=O)Cc1nc2cc(OC)c(OC)cc2c(=O)[nH]1. The number of primary amides is 1. The number of aromatic nitrogens is 2. The smallest absolute Gasteiger partial charge is 0.258 e. The van der Waals surface area contributed by atoms with Crippen LogP contribution in [0.3, 0.4) is 0 Å². The molecule has 164 valence electrons. The molecule has 3 aromatic rings. The second kappa shape index (κ2) is 9.58. The number of rotatable bonds is 9. The van der Waals surface area contributed by atoms with Gasteiger partial charge in [0.05, 0.1) is 43.8 Å². The Bertz CT molecular complexity index is 1170. The van der Waals surface area contributed by atoms with E-state index in [0.29, 0.717) is 39.8 Å². The van der Waals surface area contributed by atoms with Gasteiger partial charge in [0, 0.05) is 6.07 Å². The topological polar surface area (TPSA) is 140 Å². The van der Waals surface area contributed by atoms with Gasteiger partial charge in [-0.2, -0.15) is 0 Å². The van der Waals surface area contributed by atoms with Crippen molar-refractivity contribution in [2.75, 3.05) is 32.6 Å². The molecule has 10 nitrogen and oxygen atoms in total. The highest BCUT2D eigenvalue weighted by molar-refractivity contribution is 7.14. The zero-order valence-electron chi connectivity index (χ0n) is 17.4. The van der Waals surface area contributed by atoms with Crippen LogP contribution in [0.4, 0.5) is 5.00 Å². The van der Waals surface area contributed by atoms with Crippen LogP contribution in [-0.4, -0.2) is 54.0 Å². The zero-order chi connectivity index (χ0) is 22.5. The average molecular weight is 446 g/mol. The molecule has 0 atom stereocenters. The van der Waals surface area contributed by atoms with Gasteiger partial charge in [-0.1, -0.05) is 6.92 Å². The number of nitrogens with one attached hydrogen (secondary N) is 2. The van der Waals surface area contributed by atoms with Crippen LogP contribution in [0.25, 0.3) is 10.9 Å². The number of thiophene rings is 1. The van der Waals surface area contributed by atoms with E-state index in [9.17, 15) is 14.4 Å². The van der Waals surface area contributed by atoms with E-state index in [1.165, 1.54) is 25.6 Å². The average Bonchev–Trinajstić information content (AvgIpc) is 3.20. The van der Waals surface area contributed by atoms with E-state index < -0.39 is 5.91 Å². The molecule has 4 N–H and O–H groups in total. The Hall–Kier alpha value is -3.44. The second-order valence-electron chi connectivity index (χ2n) is 6.62. The summed E-state index contributed by atoms with van der Waals surface area (Å²) in [6.07, 6.45) is 0. The molecule has 2 heterocycles. The molecule has 0 unspecified atom stereocenters. The largest absolute Gasteiger partial charge is 0.493 e. The summed E-state index contributed by atoms with van der Waals surface area (Å²) >= 11 is 1.22. The molecule has 0 aliphatic rings. The minimum atomic E-state index is -0.603. The number of likely N-dealkylation sites (N-methyl/N-ethyl adjacent to an activating group) is 1. The third-order valence-electron chi connectivity index (χ3n) is 4.63. The number of carbonyl (C=O) groups is 2. The fourth-order valence-corrected chi connectivity index (χ4v) is 3.86. The van der Waals surface area contributed by atoms with Crippen LogP contribution in [0.5, 0.6) is 11.5 Å². The minimum absolute atomic E-state index is 0.0419. The first kappa shape index (κ1) is 22.2. The molecule has 0 fully saturated rings. The third kappa shape index (κ3) is 5.01. The van der Waals surface area contributed by atoms with Crippen LogP contribution < -0.4 is 26.1 Å². The standard InChI is InChI=1S/C20H23N5O5S/c1-4-25(10-17(26)24-20-11(18(21)27)5-6-31-20)9-16-22-13-8-15(30-3)14(29-2)7-12(13)19(28)23-16/h5-8H,4,9-10H2,1-3H3,(H2,21,27)(H,24,26)(H,22,23,28). The lowest BCUT2D eigenvalue weighted by Gasteiger charge is -2.19. The lowest BCUT2D eigenvalue weighted by Crippen LogP contribution is -2.34. The summed E-state index contributed by atoms with van der Waals surface area (Å²) in [5, 5.41) is 5.17. The van der Waals surface area contributed by atoms with Crippen LogP contribution >= 0.6 is 11.3 Å². The second-order valence-corrected chi connectivity index (χ2v) is 7.53. The Labute approximate surface area is 182 Å². The van der Waals surface area contributed by atoms with Gasteiger partial charge in [0.25, 0.3) is 11.5 Å². The Morgan fingerprint density at radius 3 is 2.61 bits per heavy atom. The van der Waals surface area contributed by atoms with Gasteiger partial charge in [0.15, 0.2) is 11.5 Å². The van der Waals surface area contributed by atoms with Crippen molar-refractivity contribution in [3.05, 3.63) is 45.3 Å². The molecule has 11 heteroatoms. The number of methoxy groups -OCH3 is 2. The third-order valence-corrected chi connectivity index (χ3v) is 5.46. The molecule has 0 saturated carbocycles. The van der Waals surface area contributed by atoms with Gasteiger partial charge in [-0.15, -0.1) is 11.3 Å². The quantitative estimate of drug-likeness (QED) is 0.454. The summed E-state index contributed by atoms with van der Waals surface area (Å²) in [5.41, 5.74) is 5.73. The van der Waals surface area contributed by atoms with Crippen LogP contribution in [0.15, 0.2) is 28.4 Å². The van der Waals surface area contributed by atoms with E-state index in [0.717, 1.165) is 0 Å². The highest BCUT2D eigenvalue weighted by Crippen LogP contribution is 2.30. The van der Waals surface area contributed by atoms with Crippen molar-refractivity contribution in [1.82, 2.24) is 14.9 Å². The normalized spacial score (nSPS) is 11.0. The number of amides is 2. The maximum absolute atomic E-state index is 12.5. The van der Waals surface area contributed by atoms with Crippen LogP contribution in [0, 0.1) is 0 Å². The number of benzene rings is 1. The zero-order valence-corrected chi connectivity index (χ0v) is 18.2. The highest BCUT2D eigenvalue weighted by atomic mass is 32.1. The molecule has 0 spiro atoms. The highest BCUT2D eigenvalue weighted by Gasteiger charge is 2.17. The summed E-state index contributed by atoms with van der Waals surface area (Å²) in [5.74, 6) is 0.404. The van der Waals surface area contributed by atoms with E-state index in [-0.39, 0.29) is 30.1 Å². The van der Waals surface area contributed by atoms with Gasteiger partial charge in [-0.3, -0.25) is 19.3 Å². The number of anilines is 1. The summed E-state index contributed by atoms with van der Waals surface area (Å²) in [4.78, 5) is 45.5. The number of H-pyrrole nitrogens is 1. The Morgan fingerprint density at radius 1 is 1.26 bits per heavy atom. The van der Waals surface area contributed by atoms with Gasteiger partial charge >= 0.3 is 0 Å². The van der Waals surface area contributed by atoms with Crippen molar-refractivity contribution >= 4 is 39.1 Å². The molecule has 0 radical (unpaired) electrons. The fourth-order valence-electron chi connectivity index (χ4n) is 3.05. The predicted octanol–water partition coefficient (Wildman–Crippen LogP) is 1.56. The number of aromatic amines is 1. The number of hydrogen-bond acceptors (Lipinski definition) is 8. The van der Waals surface area contributed by atoms with Gasteiger partial charge in [-0.05, 0) is 24.1 Å². The van der Waals surface area contributed by atoms with E-state index in [2.05, 4.69) is 15.3 Å². The van der Waals surface area contributed by atoms with Crippen molar-refractivity contribution in [1.29, 1.82) is 0 Å². The van der Waals surface area contributed by atoms with E-state index >= 15 is 0 Å². The number of nitrogens with two attached hydrogens (primary N) is 1. The van der Waals surface area contributed by atoms with Crippen molar-refractivity contribution in [2.24, 2.45) is 5.73 Å². The van der Waals surface area contributed by atoms with Crippen molar-refractivity contribution in [3.63, 3.8) is 0 Å². The number of fused-ring (bicyclic) bond motifs is 1. The molecule has 2 aromatic heterocycles. The molecule has 0 aliphatic heterocycles. The first-order chi connectivity index (χ1) is 14.9. The molecular weight excluding hydrogens is 422 g/mol. The van der Waals surface area contributed by atoms with Gasteiger partial charge < -0.3 is 25.5 Å². The molecule has 3 rings (SSSR count). The minimum Gasteiger partial charge on any atom is -0.493 e. The maximum Gasteiger partial charge on any atom is 0.258 e. The van der Waals surface area contributed by atoms with Gasteiger partial charge in [0.2, 0.25) is 5.91 Å². The van der Waals surface area contributed by atoms with Crippen LogP contribution in [-0.2, 0) is 11.3 Å². The number of ether oxygens (including phenoxy) is 2.